The Morgan fingerprint density at radius 1 is 1.42 bits per heavy atom. The third kappa shape index (κ3) is 5.82. The Bertz CT molecular complexity index is 706. The van der Waals surface area contributed by atoms with E-state index in [1.54, 1.807) is 6.07 Å². The van der Waals surface area contributed by atoms with Crippen LogP contribution in [0.15, 0.2) is 23.1 Å². The number of nitrogens with one attached hydrogen (secondary N) is 2. The lowest BCUT2D eigenvalue weighted by molar-refractivity contribution is -0.117. The van der Waals surface area contributed by atoms with Crippen LogP contribution >= 0.6 is 12.4 Å². The number of carbonyl (C=O) groups is 1. The molecule has 1 amide bonds. The first-order chi connectivity index (χ1) is 11.8. The minimum absolute atomic E-state index is 0. The highest BCUT2D eigenvalue weighted by Gasteiger charge is 2.21. The Morgan fingerprint density at radius 2 is 2.15 bits per heavy atom. The SMILES string of the molecule is CCOc1ccc(S(=O)(=O)N(C)C)cc1NC(=O)CC1COCCN1.Cl. The number of morpholine rings is 1. The second-order valence-corrected chi connectivity index (χ2v) is 8.01. The first-order valence-electron chi connectivity index (χ1n) is 8.15. The molecule has 0 aliphatic carbocycles. The summed E-state index contributed by atoms with van der Waals surface area (Å²) >= 11 is 0. The Hall–Kier alpha value is -1.39. The highest BCUT2D eigenvalue weighted by Crippen LogP contribution is 2.29. The lowest BCUT2D eigenvalue weighted by Gasteiger charge is -2.23. The van der Waals surface area contributed by atoms with Crippen molar-refractivity contribution in [3.63, 3.8) is 0 Å². The van der Waals surface area contributed by atoms with Gasteiger partial charge in [-0.15, -0.1) is 12.4 Å². The van der Waals surface area contributed by atoms with Gasteiger partial charge in [0.25, 0.3) is 0 Å². The van der Waals surface area contributed by atoms with E-state index in [0.717, 1.165) is 4.31 Å². The second kappa shape index (κ2) is 10.1. The largest absolute Gasteiger partial charge is 0.492 e. The summed E-state index contributed by atoms with van der Waals surface area (Å²) in [7, 11) is -0.686. The summed E-state index contributed by atoms with van der Waals surface area (Å²) in [6.45, 7) is 4.04. The number of carbonyl (C=O) groups excluding carboxylic acids is 1. The summed E-state index contributed by atoms with van der Waals surface area (Å²) in [5.41, 5.74) is 0.339. The summed E-state index contributed by atoms with van der Waals surface area (Å²) < 4.78 is 36.6. The zero-order valence-corrected chi connectivity index (χ0v) is 16.8. The number of sulfonamides is 1. The van der Waals surface area contributed by atoms with Crippen LogP contribution in [-0.4, -0.2) is 65.1 Å². The van der Waals surface area contributed by atoms with Crippen LogP contribution < -0.4 is 15.4 Å². The Kier molecular flexibility index (Phi) is 8.78. The van der Waals surface area contributed by atoms with Gasteiger partial charge in [-0.1, -0.05) is 0 Å². The molecule has 0 bridgehead atoms. The zero-order chi connectivity index (χ0) is 18.4. The quantitative estimate of drug-likeness (QED) is 0.701. The van der Waals surface area contributed by atoms with E-state index in [4.69, 9.17) is 9.47 Å². The van der Waals surface area contributed by atoms with Gasteiger partial charge in [0, 0.05) is 33.1 Å². The minimum atomic E-state index is -3.60. The molecular weight excluding hydrogens is 382 g/mol. The van der Waals surface area contributed by atoms with E-state index in [1.165, 1.54) is 26.2 Å². The monoisotopic (exact) mass is 407 g/mol. The van der Waals surface area contributed by atoms with Gasteiger partial charge in [-0.2, -0.15) is 0 Å². The molecule has 1 fully saturated rings. The number of amides is 1. The molecule has 8 nitrogen and oxygen atoms in total. The summed E-state index contributed by atoms with van der Waals surface area (Å²) in [5, 5.41) is 5.96. The van der Waals surface area contributed by atoms with Gasteiger partial charge in [0.1, 0.15) is 5.75 Å². The molecule has 1 aliphatic heterocycles. The van der Waals surface area contributed by atoms with Crippen LogP contribution in [0.1, 0.15) is 13.3 Å². The highest BCUT2D eigenvalue weighted by atomic mass is 35.5. The number of rotatable bonds is 7. The van der Waals surface area contributed by atoms with Crippen molar-refractivity contribution in [3.8, 4) is 5.75 Å². The van der Waals surface area contributed by atoms with Gasteiger partial charge in [-0.3, -0.25) is 4.79 Å². The fourth-order valence-corrected chi connectivity index (χ4v) is 3.36. The van der Waals surface area contributed by atoms with Crippen LogP contribution in [0.3, 0.4) is 0 Å². The zero-order valence-electron chi connectivity index (χ0n) is 15.1. The van der Waals surface area contributed by atoms with Crippen LogP contribution in [0.25, 0.3) is 0 Å². The average Bonchev–Trinajstić information content (AvgIpc) is 2.57. The maximum atomic E-state index is 12.3. The molecule has 0 spiro atoms. The summed E-state index contributed by atoms with van der Waals surface area (Å²) in [6.07, 6.45) is 0.232. The molecule has 1 atom stereocenters. The van der Waals surface area contributed by atoms with Gasteiger partial charge in [0.2, 0.25) is 15.9 Å². The minimum Gasteiger partial charge on any atom is -0.492 e. The molecule has 0 saturated carbocycles. The molecule has 1 aromatic carbocycles. The van der Waals surface area contributed by atoms with E-state index in [-0.39, 0.29) is 35.7 Å². The predicted molar refractivity (Wildman–Crippen MR) is 102 cm³/mol. The Balaban J connectivity index is 0.00000338. The van der Waals surface area contributed by atoms with E-state index >= 15 is 0 Å². The molecule has 10 heteroatoms. The van der Waals surface area contributed by atoms with Gasteiger partial charge < -0.3 is 20.1 Å². The molecule has 1 aliphatic rings. The van der Waals surface area contributed by atoms with Crippen LogP contribution in [0, 0.1) is 0 Å². The van der Waals surface area contributed by atoms with E-state index in [9.17, 15) is 13.2 Å². The van der Waals surface area contributed by atoms with Gasteiger partial charge in [-0.05, 0) is 25.1 Å². The van der Waals surface area contributed by atoms with Crippen molar-refractivity contribution >= 4 is 34.0 Å². The maximum Gasteiger partial charge on any atom is 0.242 e. The lowest BCUT2D eigenvalue weighted by Crippen LogP contribution is -2.43. The van der Waals surface area contributed by atoms with Crippen molar-refractivity contribution in [1.29, 1.82) is 0 Å². The van der Waals surface area contributed by atoms with Crippen molar-refractivity contribution in [2.24, 2.45) is 0 Å². The molecule has 2 rings (SSSR count). The van der Waals surface area contributed by atoms with Crippen molar-refractivity contribution in [1.82, 2.24) is 9.62 Å². The first kappa shape index (κ1) is 22.7. The first-order valence-corrected chi connectivity index (χ1v) is 9.59. The molecule has 1 heterocycles. The normalized spacial score (nSPS) is 17.5. The summed E-state index contributed by atoms with van der Waals surface area (Å²) in [5.74, 6) is 0.199. The van der Waals surface area contributed by atoms with Crippen molar-refractivity contribution < 1.29 is 22.7 Å². The molecule has 26 heavy (non-hydrogen) atoms. The Labute approximate surface area is 160 Å². The van der Waals surface area contributed by atoms with E-state index < -0.39 is 10.0 Å². The topological polar surface area (TPSA) is 97.0 Å². The molecule has 1 saturated heterocycles. The summed E-state index contributed by atoms with van der Waals surface area (Å²) in [6, 6.07) is 4.38. The predicted octanol–water partition coefficient (Wildman–Crippen LogP) is 1.07. The third-order valence-corrected chi connectivity index (χ3v) is 5.54. The van der Waals surface area contributed by atoms with Crippen LogP contribution in [0.5, 0.6) is 5.75 Å². The number of nitrogens with zero attached hydrogens (tertiary/aromatic N) is 1. The molecule has 0 radical (unpaired) electrons. The molecule has 2 N–H and O–H groups in total. The fourth-order valence-electron chi connectivity index (χ4n) is 2.44. The van der Waals surface area contributed by atoms with Crippen LogP contribution in [0.2, 0.25) is 0 Å². The van der Waals surface area contributed by atoms with Gasteiger partial charge in [0.15, 0.2) is 0 Å². The van der Waals surface area contributed by atoms with Gasteiger partial charge in [-0.25, -0.2) is 12.7 Å². The second-order valence-electron chi connectivity index (χ2n) is 5.86. The number of hydrogen-bond acceptors (Lipinski definition) is 6. The average molecular weight is 408 g/mol. The van der Waals surface area contributed by atoms with Gasteiger partial charge in [0.05, 0.1) is 30.4 Å². The van der Waals surface area contributed by atoms with Crippen molar-refractivity contribution in [3.05, 3.63) is 18.2 Å². The smallest absolute Gasteiger partial charge is 0.242 e. The molecule has 148 valence electrons. The number of halogens is 1. The standard InChI is InChI=1S/C16H25N3O5S.ClH/c1-4-24-15-6-5-13(25(21,22)19(2)3)10-14(15)18-16(20)9-12-11-23-8-7-17-12;/h5-6,10,12,17H,4,7-9,11H2,1-3H3,(H,18,20);1H. The number of anilines is 1. The van der Waals surface area contributed by atoms with E-state index in [1.807, 2.05) is 6.92 Å². The fraction of sp³-hybridized carbons (Fsp3) is 0.562. The van der Waals surface area contributed by atoms with Crippen LogP contribution in [0.4, 0.5) is 5.69 Å². The van der Waals surface area contributed by atoms with E-state index in [2.05, 4.69) is 10.6 Å². The molecule has 1 aromatic rings. The van der Waals surface area contributed by atoms with Crippen molar-refractivity contribution in [2.75, 3.05) is 45.8 Å². The third-order valence-electron chi connectivity index (χ3n) is 3.73. The molecule has 1 unspecified atom stereocenters. The number of ether oxygens (including phenoxy) is 2. The van der Waals surface area contributed by atoms with Gasteiger partial charge >= 0.3 is 0 Å². The maximum absolute atomic E-state index is 12.3. The lowest BCUT2D eigenvalue weighted by atomic mass is 10.2. The molecule has 0 aromatic heterocycles. The Morgan fingerprint density at radius 3 is 2.73 bits per heavy atom. The summed E-state index contributed by atoms with van der Waals surface area (Å²) in [4.78, 5) is 12.4. The van der Waals surface area contributed by atoms with E-state index in [0.29, 0.717) is 37.8 Å². The highest BCUT2D eigenvalue weighted by molar-refractivity contribution is 7.89. The number of hydrogen-bond donors (Lipinski definition) is 2. The molecular formula is C16H26ClN3O5S. The van der Waals surface area contributed by atoms with Crippen molar-refractivity contribution in [2.45, 2.75) is 24.3 Å². The number of benzene rings is 1. The van der Waals surface area contributed by atoms with Crippen LogP contribution in [-0.2, 0) is 19.6 Å².